The second kappa shape index (κ2) is 5.01. The molecule has 0 aliphatic heterocycles. The fraction of sp³-hybridized carbons (Fsp3) is 0.182. The van der Waals surface area contributed by atoms with E-state index in [2.05, 4.69) is 10.1 Å². The van der Waals surface area contributed by atoms with Crippen LogP contribution in [-0.2, 0) is 5.75 Å². The number of carboxylic acids is 1. The van der Waals surface area contributed by atoms with E-state index in [9.17, 15) is 4.79 Å². The summed E-state index contributed by atoms with van der Waals surface area (Å²) in [5.74, 6) is 0.735. The van der Waals surface area contributed by atoms with Gasteiger partial charge in [0, 0.05) is 4.90 Å². The number of hydrogen-bond donors (Lipinski definition) is 1. The third-order valence-electron chi connectivity index (χ3n) is 2.01. The molecule has 0 saturated carbocycles. The third-order valence-corrected chi connectivity index (χ3v) is 2.99. The summed E-state index contributed by atoms with van der Waals surface area (Å²) in [5.41, 5.74) is 0.275. The Hall–Kier alpha value is -1.82. The first kappa shape index (κ1) is 11.7. The van der Waals surface area contributed by atoms with Gasteiger partial charge in [0.1, 0.15) is 0 Å². The van der Waals surface area contributed by atoms with Gasteiger partial charge in [-0.25, -0.2) is 4.79 Å². The molecule has 0 atom stereocenters. The molecule has 2 aromatic rings. The number of hydrogen-bond acceptors (Lipinski definition) is 5. The summed E-state index contributed by atoms with van der Waals surface area (Å²) in [5, 5.41) is 12.5. The molecule has 1 N–H and O–H groups in total. The van der Waals surface area contributed by atoms with Crippen LogP contribution in [0, 0.1) is 6.92 Å². The SMILES string of the molecule is Cc1noc(CSc2cccc(C(=O)O)c2)n1. The van der Waals surface area contributed by atoms with E-state index in [1.54, 1.807) is 25.1 Å². The van der Waals surface area contributed by atoms with Crippen molar-refractivity contribution in [1.82, 2.24) is 10.1 Å². The average Bonchev–Trinajstić information content (AvgIpc) is 2.73. The summed E-state index contributed by atoms with van der Waals surface area (Å²) >= 11 is 1.46. The Labute approximate surface area is 102 Å². The molecule has 6 heteroatoms. The lowest BCUT2D eigenvalue weighted by molar-refractivity contribution is 0.0696. The number of aromatic carboxylic acids is 1. The van der Waals surface area contributed by atoms with Gasteiger partial charge in [-0.3, -0.25) is 0 Å². The van der Waals surface area contributed by atoms with Gasteiger partial charge in [-0.05, 0) is 25.1 Å². The molecule has 17 heavy (non-hydrogen) atoms. The molecule has 0 aliphatic rings. The third kappa shape index (κ3) is 3.07. The van der Waals surface area contributed by atoms with Crippen molar-refractivity contribution in [3.05, 3.63) is 41.5 Å². The van der Waals surface area contributed by atoms with E-state index in [0.717, 1.165) is 4.90 Å². The van der Waals surface area contributed by atoms with Crippen LogP contribution >= 0.6 is 11.8 Å². The minimum Gasteiger partial charge on any atom is -0.478 e. The van der Waals surface area contributed by atoms with E-state index < -0.39 is 5.97 Å². The molecule has 0 aliphatic carbocycles. The molecule has 0 unspecified atom stereocenters. The summed E-state index contributed by atoms with van der Waals surface area (Å²) in [6.45, 7) is 1.75. The number of nitrogens with zero attached hydrogens (tertiary/aromatic N) is 2. The monoisotopic (exact) mass is 250 g/mol. The molecular formula is C11H10N2O3S. The molecule has 0 amide bonds. The molecule has 0 saturated heterocycles. The first-order valence-corrected chi connectivity index (χ1v) is 5.89. The van der Waals surface area contributed by atoms with E-state index in [4.69, 9.17) is 9.63 Å². The zero-order valence-electron chi connectivity index (χ0n) is 9.08. The first-order valence-electron chi connectivity index (χ1n) is 4.90. The number of carbonyl (C=O) groups is 1. The Morgan fingerprint density at radius 3 is 3.00 bits per heavy atom. The van der Waals surface area contributed by atoms with Gasteiger partial charge in [-0.1, -0.05) is 11.2 Å². The maximum atomic E-state index is 10.8. The molecule has 0 fully saturated rings. The van der Waals surface area contributed by atoms with Gasteiger partial charge in [0.25, 0.3) is 0 Å². The molecule has 0 bridgehead atoms. The van der Waals surface area contributed by atoms with Crippen molar-refractivity contribution in [3.8, 4) is 0 Å². The van der Waals surface area contributed by atoms with Gasteiger partial charge in [-0.2, -0.15) is 4.98 Å². The molecule has 5 nitrogen and oxygen atoms in total. The minimum absolute atomic E-state index is 0.275. The summed E-state index contributed by atoms with van der Waals surface area (Å²) in [7, 11) is 0. The zero-order valence-corrected chi connectivity index (χ0v) is 9.90. The predicted octanol–water partition coefficient (Wildman–Crippen LogP) is 2.37. The van der Waals surface area contributed by atoms with Gasteiger partial charge < -0.3 is 9.63 Å². The smallest absolute Gasteiger partial charge is 0.335 e. The van der Waals surface area contributed by atoms with Crippen molar-refractivity contribution in [2.75, 3.05) is 0 Å². The van der Waals surface area contributed by atoms with Crippen LogP contribution in [0.2, 0.25) is 0 Å². The quantitative estimate of drug-likeness (QED) is 0.839. The summed E-state index contributed by atoms with van der Waals surface area (Å²) in [4.78, 5) is 15.7. The van der Waals surface area contributed by atoms with Crippen molar-refractivity contribution in [3.63, 3.8) is 0 Å². The summed E-state index contributed by atoms with van der Waals surface area (Å²) < 4.78 is 4.97. The molecule has 1 aromatic carbocycles. The topological polar surface area (TPSA) is 76.2 Å². The van der Waals surface area contributed by atoms with Crippen molar-refractivity contribution >= 4 is 17.7 Å². The number of aryl methyl sites for hydroxylation is 1. The Balaban J connectivity index is 2.04. The number of benzene rings is 1. The highest BCUT2D eigenvalue weighted by Gasteiger charge is 2.06. The number of thioether (sulfide) groups is 1. The molecule has 2 rings (SSSR count). The molecule has 1 aromatic heterocycles. The van der Waals surface area contributed by atoms with Crippen molar-refractivity contribution in [2.45, 2.75) is 17.6 Å². The minimum atomic E-state index is -0.930. The van der Waals surface area contributed by atoms with E-state index in [1.165, 1.54) is 11.8 Å². The maximum Gasteiger partial charge on any atom is 0.335 e. The van der Waals surface area contributed by atoms with Gasteiger partial charge >= 0.3 is 5.97 Å². The van der Waals surface area contributed by atoms with Crippen LogP contribution in [0.3, 0.4) is 0 Å². The lowest BCUT2D eigenvalue weighted by atomic mass is 10.2. The van der Waals surface area contributed by atoms with Crippen LogP contribution in [0.25, 0.3) is 0 Å². The fourth-order valence-corrected chi connectivity index (χ4v) is 2.06. The fourth-order valence-electron chi connectivity index (χ4n) is 1.26. The zero-order chi connectivity index (χ0) is 12.3. The van der Waals surface area contributed by atoms with E-state index in [0.29, 0.717) is 17.5 Å². The van der Waals surface area contributed by atoms with Gasteiger partial charge in [0.15, 0.2) is 5.82 Å². The molecular weight excluding hydrogens is 240 g/mol. The Kier molecular flexibility index (Phi) is 3.43. The first-order chi connectivity index (χ1) is 8.15. The van der Waals surface area contributed by atoms with Gasteiger partial charge in [0.05, 0.1) is 11.3 Å². The van der Waals surface area contributed by atoms with Gasteiger partial charge in [0.2, 0.25) is 5.89 Å². The van der Waals surface area contributed by atoms with Crippen molar-refractivity contribution in [2.24, 2.45) is 0 Å². The highest BCUT2D eigenvalue weighted by atomic mass is 32.2. The highest BCUT2D eigenvalue weighted by molar-refractivity contribution is 7.98. The van der Waals surface area contributed by atoms with Crippen molar-refractivity contribution < 1.29 is 14.4 Å². The normalized spacial score (nSPS) is 10.4. The van der Waals surface area contributed by atoms with Crippen LogP contribution in [-0.4, -0.2) is 21.2 Å². The summed E-state index contributed by atoms with van der Waals surface area (Å²) in [6, 6.07) is 6.74. The van der Waals surface area contributed by atoms with Crippen molar-refractivity contribution in [1.29, 1.82) is 0 Å². The maximum absolute atomic E-state index is 10.8. The molecule has 1 heterocycles. The molecule has 88 valence electrons. The lowest BCUT2D eigenvalue weighted by Crippen LogP contribution is -1.95. The number of rotatable bonds is 4. The summed E-state index contributed by atoms with van der Waals surface area (Å²) in [6.07, 6.45) is 0. The Morgan fingerprint density at radius 2 is 2.35 bits per heavy atom. The lowest BCUT2D eigenvalue weighted by Gasteiger charge is -1.99. The Morgan fingerprint density at radius 1 is 1.53 bits per heavy atom. The van der Waals surface area contributed by atoms with E-state index in [1.807, 2.05) is 6.07 Å². The van der Waals surface area contributed by atoms with Gasteiger partial charge in [-0.15, -0.1) is 11.8 Å². The number of aromatic nitrogens is 2. The second-order valence-electron chi connectivity index (χ2n) is 3.36. The van der Waals surface area contributed by atoms with Crippen LogP contribution in [0.15, 0.2) is 33.7 Å². The van der Waals surface area contributed by atoms with Crippen LogP contribution in [0.1, 0.15) is 22.1 Å². The predicted molar refractivity (Wildman–Crippen MR) is 62.0 cm³/mol. The average molecular weight is 250 g/mol. The Bertz CT molecular complexity index is 539. The molecule has 0 spiro atoms. The largest absolute Gasteiger partial charge is 0.478 e. The second-order valence-corrected chi connectivity index (χ2v) is 4.41. The number of carboxylic acid groups (broad SMARTS) is 1. The molecule has 0 radical (unpaired) electrons. The van der Waals surface area contributed by atoms with Crippen LogP contribution in [0.4, 0.5) is 0 Å². The highest BCUT2D eigenvalue weighted by Crippen LogP contribution is 2.22. The van der Waals surface area contributed by atoms with E-state index in [-0.39, 0.29) is 5.56 Å². The standard InChI is InChI=1S/C11H10N2O3S/c1-7-12-10(16-13-7)6-17-9-4-2-3-8(5-9)11(14)15/h2-5H,6H2,1H3,(H,14,15). The van der Waals surface area contributed by atoms with Crippen LogP contribution in [0.5, 0.6) is 0 Å². The van der Waals surface area contributed by atoms with E-state index >= 15 is 0 Å². The van der Waals surface area contributed by atoms with Crippen LogP contribution < -0.4 is 0 Å².